The first-order valence-corrected chi connectivity index (χ1v) is 2.56. The zero-order valence-corrected chi connectivity index (χ0v) is 4.46. The molecule has 0 aromatic carbocycles. The molecule has 1 aromatic heterocycles. The van der Waals surface area contributed by atoms with Crippen LogP contribution in [0.4, 0.5) is 5.82 Å². The van der Waals surface area contributed by atoms with Gasteiger partial charge in [-0.25, -0.2) is 0 Å². The van der Waals surface area contributed by atoms with Crippen LogP contribution in [0.15, 0.2) is 5.38 Å². The Labute approximate surface area is 48.3 Å². The van der Waals surface area contributed by atoms with Crippen LogP contribution in [0, 0.1) is 10.1 Å². The second kappa shape index (κ2) is 1.83. The van der Waals surface area contributed by atoms with Gasteiger partial charge < -0.3 is 10.1 Å². The van der Waals surface area contributed by atoms with E-state index in [2.05, 4.69) is 9.59 Å². The average molecular weight is 131 g/mol. The van der Waals surface area contributed by atoms with Gasteiger partial charge in [-0.2, -0.15) is 0 Å². The van der Waals surface area contributed by atoms with E-state index >= 15 is 0 Å². The van der Waals surface area contributed by atoms with Crippen LogP contribution in [0.25, 0.3) is 0 Å². The van der Waals surface area contributed by atoms with Crippen molar-refractivity contribution in [1.29, 1.82) is 0 Å². The third-order valence-corrected chi connectivity index (χ3v) is 1.03. The number of aromatic nitrogens is 2. The number of hydrogen-bond acceptors (Lipinski definition) is 5. The first-order chi connectivity index (χ1) is 3.80. The number of nitro groups is 1. The molecule has 0 N–H and O–H groups in total. The molecule has 0 radical (unpaired) electrons. The van der Waals surface area contributed by atoms with Gasteiger partial charge in [-0.3, -0.25) is 0 Å². The van der Waals surface area contributed by atoms with Crippen molar-refractivity contribution in [1.82, 2.24) is 9.59 Å². The molecule has 6 heteroatoms. The molecule has 0 spiro atoms. The Morgan fingerprint density at radius 1 is 1.88 bits per heavy atom. The Morgan fingerprint density at radius 3 is 2.88 bits per heavy atom. The quantitative estimate of drug-likeness (QED) is 0.409. The lowest BCUT2D eigenvalue weighted by atomic mass is 10.8. The molecule has 0 aliphatic rings. The third kappa shape index (κ3) is 0.784. The van der Waals surface area contributed by atoms with E-state index in [0.717, 1.165) is 11.5 Å². The highest BCUT2D eigenvalue weighted by Gasteiger charge is 2.05. The lowest BCUT2D eigenvalue weighted by Crippen LogP contribution is -1.86. The Bertz CT molecular complexity index is 183. The molecule has 1 heterocycles. The predicted molar refractivity (Wildman–Crippen MR) is 26.6 cm³/mol. The van der Waals surface area contributed by atoms with Crippen LogP contribution in [0.5, 0.6) is 0 Å². The molecule has 0 unspecified atom stereocenters. The van der Waals surface area contributed by atoms with Crippen molar-refractivity contribution in [3.05, 3.63) is 15.5 Å². The molecule has 0 fully saturated rings. The molecule has 0 saturated carbocycles. The van der Waals surface area contributed by atoms with Gasteiger partial charge in [0.05, 0.1) is 5.10 Å². The lowest BCUT2D eigenvalue weighted by Gasteiger charge is -1.79. The molecule has 0 bridgehead atoms. The van der Waals surface area contributed by atoms with Gasteiger partial charge in [0.2, 0.25) is 0 Å². The average Bonchev–Trinajstić information content (AvgIpc) is 2.12. The summed E-state index contributed by atoms with van der Waals surface area (Å²) in [5, 5.41) is 14.2. The summed E-state index contributed by atoms with van der Waals surface area (Å²) in [5.41, 5.74) is 0. The highest BCUT2D eigenvalue weighted by Crippen LogP contribution is 2.04. The summed E-state index contributed by atoms with van der Waals surface area (Å²) in [6.07, 6.45) is 0. The zero-order chi connectivity index (χ0) is 5.98. The fourth-order valence-electron chi connectivity index (χ4n) is 0.239. The predicted octanol–water partition coefficient (Wildman–Crippen LogP) is 0.446. The molecule has 5 nitrogen and oxygen atoms in total. The van der Waals surface area contributed by atoms with Crippen molar-refractivity contribution >= 4 is 17.4 Å². The Morgan fingerprint density at radius 2 is 2.62 bits per heavy atom. The molecule has 0 aliphatic heterocycles. The number of rotatable bonds is 1. The van der Waals surface area contributed by atoms with Crippen LogP contribution in [0.2, 0.25) is 0 Å². The van der Waals surface area contributed by atoms with E-state index in [-0.39, 0.29) is 5.82 Å². The van der Waals surface area contributed by atoms with Gasteiger partial charge in [0, 0.05) is 16.0 Å². The van der Waals surface area contributed by atoms with Crippen LogP contribution in [-0.4, -0.2) is 14.5 Å². The summed E-state index contributed by atoms with van der Waals surface area (Å²) in [4.78, 5) is 9.19. The molecule has 0 amide bonds. The van der Waals surface area contributed by atoms with E-state index in [0.29, 0.717) is 0 Å². The van der Waals surface area contributed by atoms with Gasteiger partial charge in [0.1, 0.15) is 5.38 Å². The van der Waals surface area contributed by atoms with Gasteiger partial charge in [-0.05, 0) is 4.92 Å². The van der Waals surface area contributed by atoms with E-state index in [1.54, 1.807) is 0 Å². The fraction of sp³-hybridized carbons (Fsp3) is 0. The highest BCUT2D eigenvalue weighted by atomic mass is 32.1. The van der Waals surface area contributed by atoms with Crippen molar-refractivity contribution in [3.8, 4) is 0 Å². The maximum atomic E-state index is 9.77. The van der Waals surface area contributed by atoms with Gasteiger partial charge in [0.15, 0.2) is 0 Å². The van der Waals surface area contributed by atoms with E-state index in [9.17, 15) is 10.1 Å². The molecular weight excluding hydrogens is 130 g/mol. The lowest BCUT2D eigenvalue weighted by molar-refractivity contribution is -0.389. The van der Waals surface area contributed by atoms with Crippen molar-refractivity contribution in [3.63, 3.8) is 0 Å². The Balaban J connectivity index is 2.93. The van der Waals surface area contributed by atoms with Crippen LogP contribution >= 0.6 is 11.5 Å². The smallest absolute Gasteiger partial charge is 0.358 e. The molecule has 1 aromatic rings. The van der Waals surface area contributed by atoms with E-state index in [1.807, 2.05) is 0 Å². The minimum Gasteiger partial charge on any atom is -0.358 e. The van der Waals surface area contributed by atoms with Crippen molar-refractivity contribution < 1.29 is 4.92 Å². The summed E-state index contributed by atoms with van der Waals surface area (Å²) in [7, 11) is 0. The van der Waals surface area contributed by atoms with E-state index < -0.39 is 4.92 Å². The van der Waals surface area contributed by atoms with Crippen molar-refractivity contribution in [2.75, 3.05) is 0 Å². The molecule has 0 atom stereocenters. The zero-order valence-electron chi connectivity index (χ0n) is 3.64. The van der Waals surface area contributed by atoms with Gasteiger partial charge in [0.25, 0.3) is 0 Å². The molecule has 0 saturated heterocycles. The normalized spacial score (nSPS) is 9.00. The highest BCUT2D eigenvalue weighted by molar-refractivity contribution is 7.03. The van der Waals surface area contributed by atoms with Crippen LogP contribution in [0.3, 0.4) is 0 Å². The second-order valence-corrected chi connectivity index (χ2v) is 1.63. The fourth-order valence-corrected chi connectivity index (χ4v) is 0.645. The first-order valence-electron chi connectivity index (χ1n) is 1.72. The molecule has 8 heavy (non-hydrogen) atoms. The summed E-state index contributed by atoms with van der Waals surface area (Å²) in [6, 6.07) is 0. The molecule has 1 rings (SSSR count). The van der Waals surface area contributed by atoms with Gasteiger partial charge in [-0.15, -0.1) is 0 Å². The first kappa shape index (κ1) is 5.10. The Kier molecular flexibility index (Phi) is 1.17. The van der Waals surface area contributed by atoms with Gasteiger partial charge in [-0.1, -0.05) is 0 Å². The monoisotopic (exact) mass is 131 g/mol. The largest absolute Gasteiger partial charge is 0.403 e. The topological polar surface area (TPSA) is 68.9 Å². The molecule has 0 aliphatic carbocycles. The van der Waals surface area contributed by atoms with Crippen LogP contribution in [-0.2, 0) is 0 Å². The van der Waals surface area contributed by atoms with E-state index in [1.165, 1.54) is 5.38 Å². The Hall–Kier alpha value is -1.04. The summed E-state index contributed by atoms with van der Waals surface area (Å²) in [6.45, 7) is 0. The summed E-state index contributed by atoms with van der Waals surface area (Å²) >= 11 is 0.965. The minimum atomic E-state index is -0.580. The summed E-state index contributed by atoms with van der Waals surface area (Å²) in [5.74, 6) is -0.185. The second-order valence-electron chi connectivity index (χ2n) is 1.02. The number of hydrogen-bond donors (Lipinski definition) is 0. The standard InChI is InChI=1S/C2HN3O2S/c6-5(7)2-1-8-4-3-2/h1H. The molecular formula is C2HN3O2S. The van der Waals surface area contributed by atoms with Gasteiger partial charge >= 0.3 is 5.82 Å². The summed E-state index contributed by atoms with van der Waals surface area (Å²) < 4.78 is 3.29. The van der Waals surface area contributed by atoms with E-state index in [4.69, 9.17) is 0 Å². The van der Waals surface area contributed by atoms with Crippen LogP contribution < -0.4 is 0 Å². The minimum absolute atomic E-state index is 0.185. The van der Waals surface area contributed by atoms with Crippen molar-refractivity contribution in [2.45, 2.75) is 0 Å². The SMILES string of the molecule is O=[N+]([O-])c1csnn1. The maximum absolute atomic E-state index is 9.77. The van der Waals surface area contributed by atoms with Crippen LogP contribution in [0.1, 0.15) is 0 Å². The molecule has 42 valence electrons. The maximum Gasteiger partial charge on any atom is 0.403 e. The van der Waals surface area contributed by atoms with Crippen molar-refractivity contribution in [2.24, 2.45) is 0 Å². The number of nitrogens with zero attached hydrogens (tertiary/aromatic N) is 3. The third-order valence-electron chi connectivity index (χ3n) is 0.536.